The largest absolute Gasteiger partial charge is 0.334 e. The van der Waals surface area contributed by atoms with Gasteiger partial charge >= 0.3 is 0 Å². The van der Waals surface area contributed by atoms with Gasteiger partial charge in [-0.2, -0.15) is 0 Å². The second-order valence-corrected chi connectivity index (χ2v) is 3.93. The maximum Gasteiger partial charge on any atom is 0.107 e. The molecule has 0 fully saturated rings. The van der Waals surface area contributed by atoms with Crippen LogP contribution >= 0.6 is 27.5 Å². The van der Waals surface area contributed by atoms with Gasteiger partial charge in [-0.1, -0.05) is 27.5 Å². The summed E-state index contributed by atoms with van der Waals surface area (Å²) in [5.74, 6) is 0. The fraction of sp³-hybridized carbons (Fsp3) is 0.125. The van der Waals surface area contributed by atoms with Crippen molar-refractivity contribution in [3.8, 4) is 0 Å². The molecule has 62 valence electrons. The molecule has 1 aromatic heterocycles. The van der Waals surface area contributed by atoms with Crippen LogP contribution in [0.5, 0.6) is 0 Å². The lowest BCUT2D eigenvalue weighted by atomic mass is 10.3. The molecule has 2 aromatic rings. The van der Waals surface area contributed by atoms with Crippen LogP contribution < -0.4 is 0 Å². The summed E-state index contributed by atoms with van der Waals surface area (Å²) in [6.45, 7) is 0. The van der Waals surface area contributed by atoms with Crippen molar-refractivity contribution in [3.05, 3.63) is 28.0 Å². The van der Waals surface area contributed by atoms with Crippen molar-refractivity contribution in [2.75, 3.05) is 0 Å². The molecule has 0 spiro atoms. The SMILES string of the molecule is Cn1cnc2c(Cl)cc(Br)cc21. The van der Waals surface area contributed by atoms with E-state index in [1.165, 1.54) is 0 Å². The number of aryl methyl sites for hydroxylation is 1. The molecule has 0 bridgehead atoms. The minimum atomic E-state index is 0.681. The summed E-state index contributed by atoms with van der Waals surface area (Å²) in [4.78, 5) is 4.17. The van der Waals surface area contributed by atoms with Gasteiger partial charge in [0.1, 0.15) is 5.52 Å². The van der Waals surface area contributed by atoms with Gasteiger partial charge in [-0.25, -0.2) is 4.98 Å². The number of imidazole rings is 1. The van der Waals surface area contributed by atoms with Crippen molar-refractivity contribution in [2.24, 2.45) is 7.05 Å². The second kappa shape index (κ2) is 2.75. The predicted octanol–water partition coefficient (Wildman–Crippen LogP) is 2.99. The standard InChI is InChI=1S/C8H6BrClN2/c1-12-4-11-8-6(10)2-5(9)3-7(8)12/h2-4H,1H3. The van der Waals surface area contributed by atoms with E-state index in [-0.39, 0.29) is 0 Å². The zero-order valence-electron chi connectivity index (χ0n) is 6.38. The highest BCUT2D eigenvalue weighted by atomic mass is 79.9. The van der Waals surface area contributed by atoms with E-state index in [0.29, 0.717) is 5.02 Å². The van der Waals surface area contributed by atoms with Crippen molar-refractivity contribution in [1.29, 1.82) is 0 Å². The fourth-order valence-electron chi connectivity index (χ4n) is 1.16. The average molecular weight is 246 g/mol. The Bertz CT molecular complexity index is 436. The van der Waals surface area contributed by atoms with Crippen LogP contribution in [0.2, 0.25) is 5.02 Å². The third-order valence-corrected chi connectivity index (χ3v) is 2.49. The summed E-state index contributed by atoms with van der Waals surface area (Å²) >= 11 is 9.35. The van der Waals surface area contributed by atoms with Gasteiger partial charge in [-0.3, -0.25) is 0 Å². The third-order valence-electron chi connectivity index (χ3n) is 1.75. The molecule has 0 N–H and O–H groups in total. The van der Waals surface area contributed by atoms with Crippen LogP contribution in [0.4, 0.5) is 0 Å². The Kier molecular flexibility index (Phi) is 1.85. The highest BCUT2D eigenvalue weighted by Crippen LogP contribution is 2.26. The van der Waals surface area contributed by atoms with E-state index in [1.54, 1.807) is 6.33 Å². The van der Waals surface area contributed by atoms with Gasteiger partial charge in [-0.05, 0) is 12.1 Å². The van der Waals surface area contributed by atoms with Gasteiger partial charge in [0.25, 0.3) is 0 Å². The van der Waals surface area contributed by atoms with E-state index in [2.05, 4.69) is 20.9 Å². The van der Waals surface area contributed by atoms with Crippen LogP contribution in [0.1, 0.15) is 0 Å². The molecule has 0 radical (unpaired) electrons. The van der Waals surface area contributed by atoms with Crippen LogP contribution in [0.3, 0.4) is 0 Å². The molecular weight excluding hydrogens is 239 g/mol. The zero-order valence-corrected chi connectivity index (χ0v) is 8.72. The lowest BCUT2D eigenvalue weighted by Gasteiger charge is -1.96. The first-order valence-corrected chi connectivity index (χ1v) is 4.61. The highest BCUT2D eigenvalue weighted by molar-refractivity contribution is 9.10. The molecule has 1 aromatic carbocycles. The number of benzene rings is 1. The smallest absolute Gasteiger partial charge is 0.107 e. The molecule has 2 nitrogen and oxygen atoms in total. The number of halogens is 2. The van der Waals surface area contributed by atoms with Crippen molar-refractivity contribution >= 4 is 38.6 Å². The molecule has 0 aliphatic heterocycles. The monoisotopic (exact) mass is 244 g/mol. The molecule has 0 amide bonds. The number of fused-ring (bicyclic) bond motifs is 1. The Morgan fingerprint density at radius 3 is 3.00 bits per heavy atom. The molecule has 0 saturated heterocycles. The number of nitrogens with zero attached hydrogens (tertiary/aromatic N) is 2. The minimum absolute atomic E-state index is 0.681. The first kappa shape index (κ1) is 8.08. The maximum atomic E-state index is 5.97. The lowest BCUT2D eigenvalue weighted by molar-refractivity contribution is 0.947. The molecule has 0 aliphatic rings. The number of rotatable bonds is 0. The van der Waals surface area contributed by atoms with Gasteiger partial charge in [0, 0.05) is 11.5 Å². The van der Waals surface area contributed by atoms with E-state index < -0.39 is 0 Å². The van der Waals surface area contributed by atoms with Crippen LogP contribution in [0.25, 0.3) is 11.0 Å². The van der Waals surface area contributed by atoms with Gasteiger partial charge < -0.3 is 4.57 Å². The van der Waals surface area contributed by atoms with Crippen molar-refractivity contribution in [1.82, 2.24) is 9.55 Å². The normalized spacial score (nSPS) is 10.9. The third kappa shape index (κ3) is 1.13. The number of aromatic nitrogens is 2. The van der Waals surface area contributed by atoms with Crippen LogP contribution in [-0.4, -0.2) is 9.55 Å². The lowest BCUT2D eigenvalue weighted by Crippen LogP contribution is -1.83. The van der Waals surface area contributed by atoms with Crippen molar-refractivity contribution in [3.63, 3.8) is 0 Å². The summed E-state index contributed by atoms with van der Waals surface area (Å²) in [5, 5.41) is 0.681. The molecule has 0 unspecified atom stereocenters. The van der Waals surface area contributed by atoms with E-state index in [1.807, 2.05) is 23.7 Å². The Labute approximate surface area is 83.3 Å². The minimum Gasteiger partial charge on any atom is -0.334 e. The Morgan fingerprint density at radius 1 is 1.50 bits per heavy atom. The Morgan fingerprint density at radius 2 is 2.25 bits per heavy atom. The van der Waals surface area contributed by atoms with Gasteiger partial charge in [-0.15, -0.1) is 0 Å². The van der Waals surface area contributed by atoms with Crippen molar-refractivity contribution in [2.45, 2.75) is 0 Å². The van der Waals surface area contributed by atoms with E-state index in [9.17, 15) is 0 Å². The van der Waals surface area contributed by atoms with Gasteiger partial charge in [0.05, 0.1) is 16.9 Å². The predicted molar refractivity (Wildman–Crippen MR) is 53.4 cm³/mol. The molecule has 1 heterocycles. The summed E-state index contributed by atoms with van der Waals surface area (Å²) in [5.41, 5.74) is 1.89. The molecule has 0 atom stereocenters. The van der Waals surface area contributed by atoms with Crippen LogP contribution in [0.15, 0.2) is 22.9 Å². The summed E-state index contributed by atoms with van der Waals surface area (Å²) in [6, 6.07) is 3.84. The Balaban J connectivity index is 2.92. The van der Waals surface area contributed by atoms with E-state index >= 15 is 0 Å². The summed E-state index contributed by atoms with van der Waals surface area (Å²) in [7, 11) is 1.94. The van der Waals surface area contributed by atoms with Gasteiger partial charge in [0.2, 0.25) is 0 Å². The van der Waals surface area contributed by atoms with Crippen molar-refractivity contribution < 1.29 is 0 Å². The van der Waals surface area contributed by atoms with Crippen LogP contribution in [-0.2, 0) is 7.05 Å². The van der Waals surface area contributed by atoms with Gasteiger partial charge in [0.15, 0.2) is 0 Å². The Hall–Kier alpha value is -0.540. The van der Waals surface area contributed by atoms with E-state index in [0.717, 1.165) is 15.5 Å². The highest BCUT2D eigenvalue weighted by Gasteiger charge is 2.04. The summed E-state index contributed by atoms with van der Waals surface area (Å²) < 4.78 is 2.91. The quantitative estimate of drug-likeness (QED) is 0.698. The first-order chi connectivity index (χ1) is 5.68. The molecule has 0 aliphatic carbocycles. The topological polar surface area (TPSA) is 17.8 Å². The average Bonchev–Trinajstić information content (AvgIpc) is 2.33. The zero-order chi connectivity index (χ0) is 8.72. The molecule has 0 saturated carbocycles. The molecule has 4 heteroatoms. The summed E-state index contributed by atoms with van der Waals surface area (Å²) in [6.07, 6.45) is 1.75. The molecule has 12 heavy (non-hydrogen) atoms. The number of hydrogen-bond acceptors (Lipinski definition) is 1. The maximum absolute atomic E-state index is 5.97. The van der Waals surface area contributed by atoms with Crippen LogP contribution in [0, 0.1) is 0 Å². The molecular formula is C8H6BrClN2. The number of hydrogen-bond donors (Lipinski definition) is 0. The second-order valence-electron chi connectivity index (χ2n) is 2.61. The molecule has 2 rings (SSSR count). The van der Waals surface area contributed by atoms with E-state index in [4.69, 9.17) is 11.6 Å². The first-order valence-electron chi connectivity index (χ1n) is 3.44. The fourth-order valence-corrected chi connectivity index (χ4v) is 2.00.